The molecule has 0 bridgehead atoms. The maximum absolute atomic E-state index is 11.2. The molecular weight excluding hydrogens is 452 g/mol. The highest BCUT2D eigenvalue weighted by atomic mass is 16.7. The molecule has 7 N–H and O–H groups in total. The molecule has 196 valence electrons. The highest BCUT2D eigenvalue weighted by Crippen LogP contribution is 2.42. The van der Waals surface area contributed by atoms with Crippen molar-refractivity contribution in [3.05, 3.63) is 0 Å². The molecule has 4 rings (SSSR count). The number of ether oxygens (including phenoxy) is 4. The third kappa shape index (κ3) is 5.74. The van der Waals surface area contributed by atoms with E-state index in [2.05, 4.69) is 0 Å². The van der Waals surface area contributed by atoms with E-state index in [0.717, 1.165) is 12.8 Å². The van der Waals surface area contributed by atoms with E-state index in [1.54, 1.807) is 0 Å². The van der Waals surface area contributed by atoms with Crippen LogP contribution in [0, 0.1) is 11.8 Å². The summed E-state index contributed by atoms with van der Waals surface area (Å²) in [6.45, 7) is 0.910. The van der Waals surface area contributed by atoms with Crippen LogP contribution < -0.4 is 0 Å². The number of rotatable bonds is 5. The zero-order valence-electron chi connectivity index (χ0n) is 19.4. The van der Waals surface area contributed by atoms with Gasteiger partial charge in [0.05, 0.1) is 24.2 Å². The van der Waals surface area contributed by atoms with Crippen LogP contribution in [0.15, 0.2) is 0 Å². The number of aliphatic hydroxyl groups excluding tert-OH is 6. The standard InChI is InChI=1S/C23H38O11/c1-10(24)31-9-18-19(28)20(29)21(30)23(34-18)33-17-8-14-15(27)6-13(26)7-16(14)32-22(17)11-2-4-12(25)5-3-11/h11-23,25-30H,2-9H2,1H3/p+1/t11?,12?,13?,14?,15?,16?,17?,18-,19-,20+,21-,22?,23-/m1/s1. The third-order valence-electron chi connectivity index (χ3n) is 7.92. The predicted octanol–water partition coefficient (Wildman–Crippen LogP) is -1.91. The molecule has 11 nitrogen and oxygen atoms in total. The molecule has 0 aromatic carbocycles. The number of hydrogen-bond acceptors (Lipinski definition) is 10. The lowest BCUT2D eigenvalue weighted by atomic mass is 9.73. The smallest absolute Gasteiger partial charge is 0.302 e. The summed E-state index contributed by atoms with van der Waals surface area (Å²) in [6, 6.07) is 0. The Morgan fingerprint density at radius 1 is 0.912 bits per heavy atom. The van der Waals surface area contributed by atoms with E-state index in [1.807, 2.05) is 0 Å². The molecule has 0 aromatic rings. The normalized spacial score (nSPS) is 49.8. The van der Waals surface area contributed by atoms with Gasteiger partial charge in [-0.1, -0.05) is 0 Å². The van der Waals surface area contributed by atoms with Gasteiger partial charge in [-0.15, -0.1) is 0 Å². The van der Waals surface area contributed by atoms with Gasteiger partial charge < -0.3 is 49.6 Å². The van der Waals surface area contributed by atoms with Gasteiger partial charge in [-0.3, -0.25) is 4.79 Å². The van der Waals surface area contributed by atoms with Gasteiger partial charge in [-0.25, -0.2) is 0 Å². The molecule has 0 spiro atoms. The Morgan fingerprint density at radius 2 is 1.62 bits per heavy atom. The minimum Gasteiger partial charge on any atom is -0.463 e. The Morgan fingerprint density at radius 3 is 2.29 bits per heavy atom. The summed E-state index contributed by atoms with van der Waals surface area (Å²) in [5, 5.41) is 61.9. The molecule has 0 aromatic heterocycles. The van der Waals surface area contributed by atoms with Gasteiger partial charge in [-0.05, 0) is 32.1 Å². The highest BCUT2D eigenvalue weighted by molar-refractivity contribution is 5.65. The number of aliphatic hydroxyl groups is 8. The predicted molar refractivity (Wildman–Crippen MR) is 115 cm³/mol. The fraction of sp³-hybridized carbons (Fsp3) is 0.957. The molecule has 11 atom stereocenters. The summed E-state index contributed by atoms with van der Waals surface area (Å²) in [4.78, 5) is 11.2. The molecule has 11 heteroatoms. The van der Waals surface area contributed by atoms with E-state index >= 15 is 0 Å². The van der Waals surface area contributed by atoms with E-state index in [4.69, 9.17) is 18.9 Å². The first-order valence-corrected chi connectivity index (χ1v) is 12.4. The van der Waals surface area contributed by atoms with Crippen molar-refractivity contribution in [1.82, 2.24) is 0 Å². The van der Waals surface area contributed by atoms with Crippen LogP contribution in [0.4, 0.5) is 0 Å². The largest absolute Gasteiger partial charge is 0.463 e. The second-order valence-electron chi connectivity index (χ2n) is 10.4. The molecule has 2 aliphatic heterocycles. The Kier molecular flexibility index (Phi) is 8.48. The van der Waals surface area contributed by atoms with Gasteiger partial charge in [0.25, 0.3) is 0 Å². The molecule has 2 aliphatic carbocycles. The van der Waals surface area contributed by atoms with Crippen LogP contribution >= 0.6 is 0 Å². The quantitative estimate of drug-likeness (QED) is 0.188. The van der Waals surface area contributed by atoms with E-state index in [9.17, 15) is 35.4 Å². The van der Waals surface area contributed by atoms with Crippen LogP contribution in [0.3, 0.4) is 0 Å². The maximum atomic E-state index is 11.2. The molecule has 0 radical (unpaired) electrons. The Balaban J connectivity index is 1.50. The van der Waals surface area contributed by atoms with Crippen molar-refractivity contribution in [3.8, 4) is 0 Å². The summed E-state index contributed by atoms with van der Waals surface area (Å²) in [5.41, 5.74) is 0. The molecule has 2 heterocycles. The lowest BCUT2D eigenvalue weighted by molar-refractivity contribution is -0.355. The number of fused-ring (bicyclic) bond motifs is 1. The first-order valence-electron chi connectivity index (χ1n) is 12.4. The summed E-state index contributed by atoms with van der Waals surface area (Å²) in [7, 11) is 0. The second kappa shape index (κ2) is 11.0. The van der Waals surface area contributed by atoms with E-state index in [-0.39, 0.29) is 43.2 Å². The summed E-state index contributed by atoms with van der Waals surface area (Å²) < 4.78 is 21.8. The van der Waals surface area contributed by atoms with Crippen molar-refractivity contribution in [2.75, 3.05) is 6.61 Å². The number of carbonyl (C=O) groups excluding carboxylic acids is 1. The van der Waals surface area contributed by atoms with Crippen molar-refractivity contribution in [2.45, 2.75) is 119 Å². The molecule has 4 aliphatic rings. The second-order valence-corrected chi connectivity index (χ2v) is 10.4. The fourth-order valence-corrected chi connectivity index (χ4v) is 6.01. The van der Waals surface area contributed by atoms with Gasteiger partial charge in [0, 0.05) is 25.7 Å². The molecular formula is C23H39O11+. The Hall–Kier alpha value is -0.890. The third-order valence-corrected chi connectivity index (χ3v) is 7.92. The average molecular weight is 492 g/mol. The van der Waals surface area contributed by atoms with Gasteiger partial charge in [0.15, 0.2) is 18.5 Å². The Labute approximate surface area is 198 Å². The van der Waals surface area contributed by atoms with Crippen LogP contribution in [0.1, 0.15) is 51.9 Å². The van der Waals surface area contributed by atoms with E-state index in [0.29, 0.717) is 25.7 Å². The van der Waals surface area contributed by atoms with Crippen LogP contribution in [-0.2, 0) is 19.0 Å². The lowest BCUT2D eigenvalue weighted by Crippen LogP contribution is -2.63. The van der Waals surface area contributed by atoms with E-state index in [1.165, 1.54) is 6.92 Å². The van der Waals surface area contributed by atoms with Crippen LogP contribution in [-0.4, -0.2) is 115 Å². The fourth-order valence-electron chi connectivity index (χ4n) is 6.01. The van der Waals surface area contributed by atoms with Gasteiger partial charge in [0.2, 0.25) is 0 Å². The van der Waals surface area contributed by atoms with Crippen LogP contribution in [0.25, 0.3) is 0 Å². The molecule has 34 heavy (non-hydrogen) atoms. The average Bonchev–Trinajstić information content (AvgIpc) is 2.79. The van der Waals surface area contributed by atoms with Crippen LogP contribution in [0.5, 0.6) is 0 Å². The SMILES string of the molecule is CC(=O)OC[C@H]1O[C@@H](OC2CC3C(O)CC(O)CC3[OH+]C2C2CCC(O)CC2)[C@H](O)[C@@H](O)[C@@H]1O. The minimum atomic E-state index is -1.56. The zero-order valence-corrected chi connectivity index (χ0v) is 19.4. The number of carbonyl (C=O) groups is 1. The first kappa shape index (κ1) is 26.2. The van der Waals surface area contributed by atoms with E-state index < -0.39 is 55.0 Å². The highest BCUT2D eigenvalue weighted by Gasteiger charge is 2.54. The minimum absolute atomic E-state index is 0.124. The van der Waals surface area contributed by atoms with Crippen molar-refractivity contribution < 1.29 is 54.4 Å². The van der Waals surface area contributed by atoms with Gasteiger partial charge >= 0.3 is 5.97 Å². The molecule has 6 unspecified atom stereocenters. The van der Waals surface area contributed by atoms with Crippen LogP contribution in [0.2, 0.25) is 0 Å². The first-order chi connectivity index (χ1) is 16.1. The topological polar surface area (TPSA) is 179 Å². The monoisotopic (exact) mass is 491 g/mol. The summed E-state index contributed by atoms with van der Waals surface area (Å²) in [6.07, 6.45) is -5.70. The number of hydrogen-bond donors (Lipinski definition) is 6. The zero-order chi connectivity index (χ0) is 24.6. The molecule has 2 saturated carbocycles. The number of esters is 1. The molecule has 0 amide bonds. The van der Waals surface area contributed by atoms with Crippen molar-refractivity contribution >= 4 is 5.97 Å². The lowest BCUT2D eigenvalue weighted by Gasteiger charge is -2.48. The van der Waals surface area contributed by atoms with Crippen molar-refractivity contribution in [3.63, 3.8) is 0 Å². The van der Waals surface area contributed by atoms with Crippen molar-refractivity contribution in [1.29, 1.82) is 0 Å². The molecule has 2 saturated heterocycles. The summed E-state index contributed by atoms with van der Waals surface area (Å²) >= 11 is 0. The van der Waals surface area contributed by atoms with Gasteiger partial charge in [-0.2, -0.15) is 0 Å². The van der Waals surface area contributed by atoms with Gasteiger partial charge in [0.1, 0.15) is 37.1 Å². The maximum Gasteiger partial charge on any atom is 0.302 e. The van der Waals surface area contributed by atoms with Crippen molar-refractivity contribution in [2.24, 2.45) is 11.8 Å². The summed E-state index contributed by atoms with van der Waals surface area (Å²) in [5.74, 6) is -0.662. The Bertz CT molecular complexity index is 684. The molecule has 4 fully saturated rings.